The number of aromatic nitrogens is 4. The second kappa shape index (κ2) is 23.1. The van der Waals surface area contributed by atoms with Gasteiger partial charge >= 0.3 is 35.0 Å². The van der Waals surface area contributed by atoms with Crippen LogP contribution in [0, 0.1) is 31.6 Å². The van der Waals surface area contributed by atoms with Gasteiger partial charge < -0.3 is 24.5 Å². The summed E-state index contributed by atoms with van der Waals surface area (Å²) in [7, 11) is 1.12. The van der Waals surface area contributed by atoms with Gasteiger partial charge in [0.15, 0.2) is 6.29 Å². The van der Waals surface area contributed by atoms with Gasteiger partial charge in [0.05, 0.1) is 24.2 Å². The van der Waals surface area contributed by atoms with E-state index in [0.717, 1.165) is 49.2 Å². The molecule has 5 heterocycles. The van der Waals surface area contributed by atoms with E-state index in [2.05, 4.69) is 41.2 Å². The van der Waals surface area contributed by atoms with Crippen molar-refractivity contribution in [1.29, 1.82) is 0 Å². The van der Waals surface area contributed by atoms with Crippen LogP contribution in [0.25, 0.3) is 39.3 Å². The van der Waals surface area contributed by atoms with Gasteiger partial charge in [0.1, 0.15) is 6.61 Å². The molecule has 0 spiro atoms. The molecule has 0 saturated carbocycles. The van der Waals surface area contributed by atoms with E-state index < -0.39 is 29.2 Å². The maximum absolute atomic E-state index is 14.4. The van der Waals surface area contributed by atoms with Gasteiger partial charge in [-0.1, -0.05) is 128 Å². The monoisotopic (exact) mass is 923 g/mol. The molecule has 12 heteroatoms. The fourth-order valence-electron chi connectivity index (χ4n) is 10.1. The third-order valence-electron chi connectivity index (χ3n) is 14.2. The maximum atomic E-state index is 14.4. The molecule has 0 amide bonds. The third-order valence-corrected chi connectivity index (χ3v) is 14.2. The molecule has 6 rings (SSSR count). The number of fused-ring (bicyclic) bond motifs is 8. The summed E-state index contributed by atoms with van der Waals surface area (Å²) in [4.78, 5) is 73.9. The quantitative estimate of drug-likeness (QED) is 0.0356. The summed E-state index contributed by atoms with van der Waals surface area (Å²) in [5, 5.41) is 12.3. The summed E-state index contributed by atoms with van der Waals surface area (Å²) in [6, 6.07) is 5.36. The molecule has 8 bridgehead atoms. The summed E-state index contributed by atoms with van der Waals surface area (Å²) < 4.78 is 10.8. The Morgan fingerprint density at radius 1 is 0.910 bits per heavy atom. The van der Waals surface area contributed by atoms with Crippen molar-refractivity contribution in [3.63, 3.8) is 0 Å². The molecule has 0 radical (unpaired) electrons. The fraction of sp³-hybridized carbons (Fsp3) is 0.527. The third kappa shape index (κ3) is 11.3. The minimum absolute atomic E-state index is 0. The van der Waals surface area contributed by atoms with Crippen LogP contribution in [0.5, 0.6) is 0 Å². The zero-order valence-electron chi connectivity index (χ0n) is 41.6. The van der Waals surface area contributed by atoms with Gasteiger partial charge in [0.2, 0.25) is 5.78 Å². The number of rotatable bonds is 21. The second-order valence-corrected chi connectivity index (χ2v) is 19.5. The summed E-state index contributed by atoms with van der Waals surface area (Å²) in [6.45, 7) is 23.2. The van der Waals surface area contributed by atoms with Gasteiger partial charge in [0, 0.05) is 40.7 Å². The minimum atomic E-state index is -2.74. The first-order valence-electron chi connectivity index (χ1n) is 24.1. The van der Waals surface area contributed by atoms with Crippen LogP contribution in [-0.2, 0) is 29.5 Å². The molecule has 67 heavy (non-hydrogen) atoms. The SMILES string of the molecule is C=Cc1c(C)c2cc3nc(c4c5[n-]c(cc6nc(cc1[n-]2)C(C=O)=C6CC)c(C)c5C(=O)[C@]4(O)C(=O)OC)[C@@H](CCC(=O)OC/C=C(\C)CCC[C@H](C)CCC[C@H](C)CCCC(C)C)[C@@H]3C.[Mg+2]. The van der Waals surface area contributed by atoms with E-state index in [1.165, 1.54) is 50.5 Å². The van der Waals surface area contributed by atoms with Crippen LogP contribution in [0.1, 0.15) is 193 Å². The Labute approximate surface area is 413 Å². The predicted molar refractivity (Wildman–Crippen MR) is 267 cm³/mol. The predicted octanol–water partition coefficient (Wildman–Crippen LogP) is 11.1. The van der Waals surface area contributed by atoms with E-state index in [9.17, 15) is 24.3 Å². The molecule has 0 saturated heterocycles. The molecule has 2 aliphatic heterocycles. The van der Waals surface area contributed by atoms with Crippen LogP contribution in [0.15, 0.2) is 36.4 Å². The van der Waals surface area contributed by atoms with E-state index in [1.54, 1.807) is 25.1 Å². The number of carbonyl (C=O) groups excluding carboxylic acids is 4. The van der Waals surface area contributed by atoms with E-state index in [1.807, 2.05) is 32.9 Å². The number of esters is 2. The molecule has 3 aliphatic rings. The van der Waals surface area contributed by atoms with Crippen molar-refractivity contribution < 1.29 is 33.8 Å². The largest absolute Gasteiger partial charge is 2.00 e. The van der Waals surface area contributed by atoms with Crippen LogP contribution < -0.4 is 9.97 Å². The van der Waals surface area contributed by atoms with Crippen LogP contribution in [-0.4, -0.2) is 75.9 Å². The van der Waals surface area contributed by atoms with Gasteiger partial charge in [-0.25, -0.2) is 9.78 Å². The summed E-state index contributed by atoms with van der Waals surface area (Å²) in [6.07, 6.45) is 16.3. The number of methoxy groups -OCH3 is 1. The van der Waals surface area contributed by atoms with Crippen LogP contribution in [0.3, 0.4) is 0 Å². The number of ether oxygens (including phenoxy) is 2. The Hall–Kier alpha value is -4.65. The van der Waals surface area contributed by atoms with Crippen molar-refractivity contribution in [2.45, 2.75) is 157 Å². The molecule has 1 aliphatic carbocycles. The molecule has 1 N–H and O–H groups in total. The molecule has 11 nitrogen and oxygen atoms in total. The molecule has 5 atom stereocenters. The summed E-state index contributed by atoms with van der Waals surface area (Å²) in [5.41, 5.74) is 5.09. The van der Waals surface area contributed by atoms with Crippen molar-refractivity contribution in [3.8, 4) is 0 Å². The smallest absolute Gasteiger partial charge is 0.657 e. The molecule has 0 fully saturated rings. The summed E-state index contributed by atoms with van der Waals surface area (Å²) >= 11 is 0. The van der Waals surface area contributed by atoms with Gasteiger partial charge in [-0.05, 0) is 87.5 Å². The van der Waals surface area contributed by atoms with Crippen molar-refractivity contribution in [2.75, 3.05) is 13.7 Å². The normalized spacial score (nSPS) is 18.8. The minimum Gasteiger partial charge on any atom is -0.657 e. The number of Topliss-reactive ketones (excluding diaryl/α,β-unsaturated/α-hetero) is 1. The van der Waals surface area contributed by atoms with E-state index >= 15 is 0 Å². The molecule has 3 aromatic rings. The van der Waals surface area contributed by atoms with Crippen LogP contribution >= 0.6 is 0 Å². The molecule has 0 aromatic carbocycles. The van der Waals surface area contributed by atoms with Gasteiger partial charge in [0.25, 0.3) is 5.60 Å². The average molecular weight is 923 g/mol. The Morgan fingerprint density at radius 3 is 2.18 bits per heavy atom. The van der Waals surface area contributed by atoms with Crippen molar-refractivity contribution in [2.24, 2.45) is 17.8 Å². The van der Waals surface area contributed by atoms with Crippen molar-refractivity contribution in [1.82, 2.24) is 19.9 Å². The molecule has 354 valence electrons. The Kier molecular flexibility index (Phi) is 18.4. The first-order valence-corrected chi connectivity index (χ1v) is 24.1. The van der Waals surface area contributed by atoms with Gasteiger partial charge in [-0.3, -0.25) is 19.4 Å². The average Bonchev–Trinajstić information content (AvgIpc) is 4.01. The fourth-order valence-corrected chi connectivity index (χ4v) is 10.1. The first-order chi connectivity index (χ1) is 31.5. The number of aryl methyl sites for hydroxylation is 2. The number of hydrogen-bond acceptors (Lipinski definition) is 9. The Morgan fingerprint density at radius 2 is 1.55 bits per heavy atom. The molecule has 3 aromatic heterocycles. The number of nitrogens with zero attached hydrogens (tertiary/aromatic N) is 4. The standard InChI is InChI=1S/C55H71N4O7.Mg/c1-12-38-35(8)42-27-43-36(9)40(23-24-48(61)66-26-25-34(7)22-16-21-33(6)20-15-19-32(5)18-14-17-31(3)4)51(58-43)50-52-49(53(62)55(50,64)54(63)65-11)37(10)44(59-52)28-46-39(13-2)41(30-60)47(57-46)29-45(38)56-42;/h12,25,27-33,36,40,64H,1,13-24,26H2,2-11H3,(H-,56,57,58,59,60,62);/q-1;+2/p-1/b34-25+;/t32-,33-,36+,40+,55+;/m1./s1. The van der Waals surface area contributed by atoms with Crippen molar-refractivity contribution in [3.05, 3.63) is 87.0 Å². The second-order valence-electron chi connectivity index (χ2n) is 19.5. The van der Waals surface area contributed by atoms with E-state index in [0.29, 0.717) is 62.7 Å². The van der Waals surface area contributed by atoms with Crippen LogP contribution in [0.2, 0.25) is 0 Å². The van der Waals surface area contributed by atoms with E-state index in [4.69, 9.17) is 29.4 Å². The summed E-state index contributed by atoms with van der Waals surface area (Å²) in [5.74, 6) is -1.05. The first kappa shape index (κ1) is 53.3. The van der Waals surface area contributed by atoms with Gasteiger partial charge in [-0.15, -0.1) is 22.1 Å². The van der Waals surface area contributed by atoms with E-state index in [-0.39, 0.29) is 70.8 Å². The number of hydrogen-bond donors (Lipinski definition) is 1. The molecular weight excluding hydrogens is 853 g/mol. The number of aliphatic hydroxyl groups is 1. The Balaban J connectivity index is 0.00000840. The molecular formula is C55H70MgN4O7. The van der Waals surface area contributed by atoms with Gasteiger partial charge in [-0.2, -0.15) is 0 Å². The van der Waals surface area contributed by atoms with Crippen molar-refractivity contribution >= 4 is 86.3 Å². The maximum Gasteiger partial charge on any atom is 2.00 e. The number of carbonyl (C=O) groups is 4. The molecule has 0 unspecified atom stereocenters. The Bertz CT molecular complexity index is 2600. The zero-order valence-corrected chi connectivity index (χ0v) is 43.1. The number of aldehydes is 1. The number of allylic oxidation sites excluding steroid dienone is 3. The number of ketones is 1. The zero-order chi connectivity index (χ0) is 48.0. The van der Waals surface area contributed by atoms with Crippen LogP contribution in [0.4, 0.5) is 0 Å². The topological polar surface area (TPSA) is 161 Å².